The number of hydrogen-bond acceptors (Lipinski definition) is 4. The van der Waals surface area contributed by atoms with Crippen LogP contribution in [0.15, 0.2) is 89.1 Å². The van der Waals surface area contributed by atoms with E-state index in [1.807, 2.05) is 54.6 Å². The Morgan fingerprint density at radius 3 is 2.12 bits per heavy atom. The molecule has 6 heteroatoms. The summed E-state index contributed by atoms with van der Waals surface area (Å²) in [5, 5.41) is 19.2. The van der Waals surface area contributed by atoms with E-state index in [1.54, 1.807) is 12.1 Å². The third-order valence-corrected chi connectivity index (χ3v) is 5.23. The van der Waals surface area contributed by atoms with Gasteiger partial charge in [-0.25, -0.2) is 0 Å². The van der Waals surface area contributed by atoms with Crippen molar-refractivity contribution in [2.75, 3.05) is 0 Å². The van der Waals surface area contributed by atoms with Gasteiger partial charge in [-0.15, -0.1) is 0 Å². The number of nitro benzene ring substituents is 1. The standard InChI is InChI=1S/C18H13N3O2Se/c22-21(23)16-9-11-17(12-10-16)24-18-8-4-7-15(13-18)20-19-14-5-2-1-3-6-14/h1-13H. The van der Waals surface area contributed by atoms with Crippen molar-refractivity contribution in [3.8, 4) is 0 Å². The molecule has 0 spiro atoms. The van der Waals surface area contributed by atoms with Gasteiger partial charge >= 0.3 is 145 Å². The number of rotatable bonds is 5. The van der Waals surface area contributed by atoms with Crippen molar-refractivity contribution in [2.45, 2.75) is 0 Å². The van der Waals surface area contributed by atoms with Gasteiger partial charge in [-0.1, -0.05) is 0 Å². The van der Waals surface area contributed by atoms with Gasteiger partial charge in [-0.3, -0.25) is 0 Å². The Labute approximate surface area is 145 Å². The van der Waals surface area contributed by atoms with Gasteiger partial charge in [0.25, 0.3) is 0 Å². The van der Waals surface area contributed by atoms with Gasteiger partial charge in [0.15, 0.2) is 0 Å². The normalized spacial score (nSPS) is 10.8. The average molecular weight is 382 g/mol. The molecule has 0 fully saturated rings. The SMILES string of the molecule is O=[N+]([O-])c1ccc([Se]c2cccc(N=Nc3ccccc3)c2)cc1. The topological polar surface area (TPSA) is 67.9 Å². The number of non-ortho nitro benzene ring substituents is 1. The third-order valence-electron chi connectivity index (χ3n) is 3.14. The molecule has 24 heavy (non-hydrogen) atoms. The molecule has 5 nitrogen and oxygen atoms in total. The van der Waals surface area contributed by atoms with Crippen LogP contribution >= 0.6 is 0 Å². The van der Waals surface area contributed by atoms with Crippen molar-refractivity contribution >= 4 is 40.9 Å². The molecule has 3 aromatic carbocycles. The summed E-state index contributed by atoms with van der Waals surface area (Å²) in [6, 6.07) is 24.1. The van der Waals surface area contributed by atoms with Crippen molar-refractivity contribution in [3.63, 3.8) is 0 Å². The summed E-state index contributed by atoms with van der Waals surface area (Å²) in [6.07, 6.45) is 0. The van der Waals surface area contributed by atoms with E-state index in [0.717, 1.165) is 20.3 Å². The number of benzene rings is 3. The molecule has 0 aliphatic carbocycles. The molecule has 0 saturated carbocycles. The second-order valence-electron chi connectivity index (χ2n) is 4.89. The van der Waals surface area contributed by atoms with E-state index < -0.39 is 0 Å². The summed E-state index contributed by atoms with van der Waals surface area (Å²) in [5.41, 5.74) is 1.71. The molecule has 0 N–H and O–H groups in total. The molecule has 0 bridgehead atoms. The molecule has 0 unspecified atom stereocenters. The molecular weight excluding hydrogens is 369 g/mol. The van der Waals surface area contributed by atoms with Crippen LogP contribution in [-0.2, 0) is 0 Å². The van der Waals surface area contributed by atoms with Gasteiger partial charge in [0.2, 0.25) is 0 Å². The van der Waals surface area contributed by atoms with Crippen molar-refractivity contribution in [1.29, 1.82) is 0 Å². The van der Waals surface area contributed by atoms with Gasteiger partial charge in [0.1, 0.15) is 0 Å². The summed E-state index contributed by atoms with van der Waals surface area (Å²) in [5.74, 6) is 0. The van der Waals surface area contributed by atoms with Gasteiger partial charge in [0, 0.05) is 0 Å². The number of nitro groups is 1. The van der Waals surface area contributed by atoms with Crippen LogP contribution in [0.2, 0.25) is 0 Å². The van der Waals surface area contributed by atoms with Crippen LogP contribution in [0, 0.1) is 10.1 Å². The van der Waals surface area contributed by atoms with Gasteiger partial charge in [-0.05, 0) is 0 Å². The quantitative estimate of drug-likeness (QED) is 0.293. The minimum absolute atomic E-state index is 0.0629. The molecule has 0 radical (unpaired) electrons. The molecule has 0 aliphatic heterocycles. The van der Waals surface area contributed by atoms with E-state index in [2.05, 4.69) is 10.2 Å². The van der Waals surface area contributed by atoms with E-state index in [1.165, 1.54) is 12.1 Å². The zero-order valence-corrected chi connectivity index (χ0v) is 14.3. The monoisotopic (exact) mass is 383 g/mol. The fourth-order valence-corrected chi connectivity index (χ4v) is 3.82. The predicted octanol–water partition coefficient (Wildman–Crippen LogP) is 3.67. The third kappa shape index (κ3) is 4.35. The van der Waals surface area contributed by atoms with E-state index in [0.29, 0.717) is 0 Å². The van der Waals surface area contributed by atoms with Crippen LogP contribution in [0.4, 0.5) is 17.1 Å². The fourth-order valence-electron chi connectivity index (χ4n) is 1.99. The molecule has 0 saturated heterocycles. The van der Waals surface area contributed by atoms with Crippen molar-refractivity contribution in [2.24, 2.45) is 10.2 Å². The van der Waals surface area contributed by atoms with Crippen LogP contribution in [0.25, 0.3) is 0 Å². The Morgan fingerprint density at radius 2 is 1.42 bits per heavy atom. The second kappa shape index (κ2) is 7.64. The van der Waals surface area contributed by atoms with Crippen LogP contribution in [0.5, 0.6) is 0 Å². The van der Waals surface area contributed by atoms with E-state index in [-0.39, 0.29) is 25.6 Å². The number of hydrogen-bond donors (Lipinski definition) is 0. The molecular formula is C18H13N3O2Se. The Bertz CT molecular complexity index is 865. The van der Waals surface area contributed by atoms with E-state index >= 15 is 0 Å². The molecule has 0 aliphatic rings. The first kappa shape index (κ1) is 16.1. The maximum atomic E-state index is 10.7. The van der Waals surface area contributed by atoms with Crippen molar-refractivity contribution in [3.05, 3.63) is 89.0 Å². The molecule has 3 rings (SSSR count). The number of nitrogens with zero attached hydrogens (tertiary/aromatic N) is 3. The van der Waals surface area contributed by atoms with Gasteiger partial charge < -0.3 is 0 Å². The molecule has 0 amide bonds. The maximum absolute atomic E-state index is 10.7. The Kier molecular flexibility index (Phi) is 5.11. The van der Waals surface area contributed by atoms with Crippen LogP contribution in [0.3, 0.4) is 0 Å². The first-order chi connectivity index (χ1) is 11.7. The van der Waals surface area contributed by atoms with Crippen LogP contribution in [-0.4, -0.2) is 19.9 Å². The predicted molar refractivity (Wildman–Crippen MR) is 95.2 cm³/mol. The van der Waals surface area contributed by atoms with Gasteiger partial charge in [-0.2, -0.15) is 0 Å². The summed E-state index contributed by atoms with van der Waals surface area (Å²) >= 11 is 0.0629. The van der Waals surface area contributed by atoms with Crippen LogP contribution in [0.1, 0.15) is 0 Å². The molecule has 0 heterocycles. The van der Waals surface area contributed by atoms with Gasteiger partial charge in [0.05, 0.1) is 0 Å². The molecule has 118 valence electrons. The Hall–Kier alpha value is -2.82. The zero-order valence-electron chi connectivity index (χ0n) is 12.6. The molecule has 3 aromatic rings. The van der Waals surface area contributed by atoms with E-state index in [4.69, 9.17) is 0 Å². The summed E-state index contributed by atoms with van der Waals surface area (Å²) < 4.78 is 2.21. The summed E-state index contributed by atoms with van der Waals surface area (Å²) in [4.78, 5) is 10.3. The summed E-state index contributed by atoms with van der Waals surface area (Å²) in [7, 11) is 0. The van der Waals surface area contributed by atoms with Crippen LogP contribution < -0.4 is 8.92 Å². The van der Waals surface area contributed by atoms with Crippen molar-refractivity contribution in [1.82, 2.24) is 0 Å². The second-order valence-corrected chi connectivity index (χ2v) is 7.29. The van der Waals surface area contributed by atoms with Crippen molar-refractivity contribution < 1.29 is 4.92 Å². The van der Waals surface area contributed by atoms with E-state index in [9.17, 15) is 10.1 Å². The molecule has 0 aromatic heterocycles. The summed E-state index contributed by atoms with van der Waals surface area (Å²) in [6.45, 7) is 0. The first-order valence-corrected chi connectivity index (χ1v) is 8.91. The number of azo groups is 1. The Morgan fingerprint density at radius 1 is 0.750 bits per heavy atom. The molecule has 0 atom stereocenters. The Balaban J connectivity index is 1.73. The minimum atomic E-state index is -0.388. The fraction of sp³-hybridized carbons (Fsp3) is 0. The first-order valence-electron chi connectivity index (χ1n) is 7.20. The average Bonchev–Trinajstić information content (AvgIpc) is 2.62. The zero-order chi connectivity index (χ0) is 16.8.